The lowest BCUT2D eigenvalue weighted by Gasteiger charge is -2.35. The van der Waals surface area contributed by atoms with Gasteiger partial charge < -0.3 is 98.5 Å². The number of primary amides is 1. The Balaban J connectivity index is 1.05. The first-order valence-electron chi connectivity index (χ1n) is 36.0. The maximum Gasteiger partial charge on any atom is 0.305 e. The Bertz CT molecular complexity index is 4360. The van der Waals surface area contributed by atoms with Crippen LogP contribution in [0.15, 0.2) is 122 Å². The molecule has 0 unspecified atom stereocenters. The standard InChI is InChI=1S/C77H95FN14O20/c1-8-46-33-52(112-7)23-24-53(46)47-20-17-44(18-21-47)31-58(69(104)84-57(67(79)102)32-45-19-25-55(81-37-45)48-14-11-15-51(34-48)111-6)85-70(105)59(35-64(100)101)86-71(106)60(40-93)87-72(107)65(42(2)94)90-74(109)76(4,36-49-13-9-10-16-54(49)78)91-73(108)66(43(3)95)89-61(96)39-82-68(103)56(26-28-63(98)99)88-75(110)77(5)29-12-30-92(77)62(97)27-22-50-38-80-41-83-50/h9-11,13-21,23-25,33-34,37-38,41-43,56-60,65-66,93-95H,8,12,22,26-32,35-36,39-40H2,1-7H3,(H2,79,102)(H,80,83)(H,82,103)(H,84,104)(H,85,105)(H,86,106)(H,87,107)(H,88,110)(H,89,96)(H,90,109)(H,91,108)(H,98,99)(H,100,101)/t42-,43-,56+,57+,58+,59+,60+,65+,66+,76+,77-/m1/s1. The molecule has 6 aromatic rings. The topological polar surface area (TPSA) is 521 Å². The van der Waals surface area contributed by atoms with E-state index >= 15 is 4.39 Å². The molecule has 0 bridgehead atoms. The number of carboxylic acid groups (broad SMARTS) is 2. The van der Waals surface area contributed by atoms with Gasteiger partial charge in [0.1, 0.15) is 70.7 Å². The molecule has 0 aliphatic carbocycles. The number of nitrogens with one attached hydrogen (secondary N) is 10. The number of aliphatic carboxylic acids is 2. The van der Waals surface area contributed by atoms with E-state index in [0.717, 1.165) is 49.1 Å². The number of ether oxygens (including phenoxy) is 2. The van der Waals surface area contributed by atoms with Gasteiger partial charge in [0.2, 0.25) is 65.0 Å². The van der Waals surface area contributed by atoms with Crippen LogP contribution in [0, 0.1) is 5.82 Å². The molecule has 1 aliphatic heterocycles. The number of carbonyl (C=O) groups is 13. The SMILES string of the molecule is CCc1cc(OC)ccc1-c1ccc(C[C@H](NC(=O)[C@H](CC(=O)O)NC(=O)[C@H](CO)NC(=O)[C@@H](NC(=O)[C@](C)(Cc2ccccc2F)NC(=O)[C@@H](NC(=O)CNC(=O)[C@H](CCC(=O)O)NC(=O)[C@@]2(C)CCCN2C(=O)CCc2cnc[nH]2)[C@@H](C)O)[C@@H](C)O)C(=O)N[C@@H](Cc2ccc(-c3cccc(OC)c3)nc2)C(N)=O)cc1. The summed E-state index contributed by atoms with van der Waals surface area (Å²) in [6.07, 6.45) is -1.24. The van der Waals surface area contributed by atoms with E-state index in [1.807, 2.05) is 25.1 Å². The minimum absolute atomic E-state index is 0.0107. The highest BCUT2D eigenvalue weighted by Crippen LogP contribution is 2.32. The van der Waals surface area contributed by atoms with Gasteiger partial charge in [-0.3, -0.25) is 67.3 Å². The number of rotatable bonds is 41. The molecule has 3 heterocycles. The van der Waals surface area contributed by atoms with Gasteiger partial charge in [0.15, 0.2) is 0 Å². The summed E-state index contributed by atoms with van der Waals surface area (Å²) < 4.78 is 26.3. The highest BCUT2D eigenvalue weighted by molar-refractivity contribution is 6.01. The fraction of sp³-hybridized carbons (Fsp3) is 0.416. The Hall–Kier alpha value is -12.2. The molecule has 34 nitrogen and oxygen atoms in total. The fourth-order valence-corrected chi connectivity index (χ4v) is 12.6. The molecular weight excluding hydrogens is 1460 g/mol. The number of hydrogen-bond donors (Lipinski definition) is 16. The van der Waals surface area contributed by atoms with E-state index in [9.17, 15) is 87.9 Å². The zero-order chi connectivity index (χ0) is 82.1. The molecule has 11 amide bonds. The number of aliphatic hydroxyl groups excluding tert-OH is 3. The first kappa shape index (κ1) is 87.0. The number of carboxylic acids is 2. The number of nitrogens with zero attached hydrogens (tertiary/aromatic N) is 3. The van der Waals surface area contributed by atoms with Crippen molar-refractivity contribution in [2.75, 3.05) is 33.9 Å². The van der Waals surface area contributed by atoms with Gasteiger partial charge >= 0.3 is 11.9 Å². The van der Waals surface area contributed by atoms with Crippen molar-refractivity contribution in [3.8, 4) is 33.9 Å². The monoisotopic (exact) mass is 1550 g/mol. The van der Waals surface area contributed by atoms with Gasteiger partial charge in [-0.05, 0) is 130 Å². The Kier molecular flexibility index (Phi) is 31.4. The number of carbonyl (C=O) groups excluding carboxylic acids is 11. The lowest BCUT2D eigenvalue weighted by molar-refractivity contribution is -0.145. The number of imidazole rings is 1. The quantitative estimate of drug-likeness (QED) is 0.0238. The number of amides is 11. The van der Waals surface area contributed by atoms with Gasteiger partial charge in [0.25, 0.3) is 0 Å². The number of aromatic amines is 1. The maximum absolute atomic E-state index is 15.5. The van der Waals surface area contributed by atoms with Crippen LogP contribution in [0.2, 0.25) is 0 Å². The molecule has 4 aromatic carbocycles. The number of aliphatic hydroxyl groups is 3. The Morgan fingerprint density at radius 1 is 0.661 bits per heavy atom. The summed E-state index contributed by atoms with van der Waals surface area (Å²) in [6, 6.07) is 14.8. The first-order chi connectivity index (χ1) is 53.2. The van der Waals surface area contributed by atoms with Crippen LogP contribution in [-0.4, -0.2) is 222 Å². The summed E-state index contributed by atoms with van der Waals surface area (Å²) in [5.74, 6) is -14.9. The van der Waals surface area contributed by atoms with Crippen LogP contribution in [0.25, 0.3) is 22.4 Å². The van der Waals surface area contributed by atoms with E-state index in [1.165, 1.54) is 49.7 Å². The number of likely N-dealkylation sites (tertiary alicyclic amines) is 1. The number of H-pyrrole nitrogens is 1. The van der Waals surface area contributed by atoms with Crippen LogP contribution in [0.4, 0.5) is 4.39 Å². The summed E-state index contributed by atoms with van der Waals surface area (Å²) in [4.78, 5) is 191. The molecule has 11 atom stereocenters. The predicted octanol–water partition coefficient (Wildman–Crippen LogP) is -0.137. The van der Waals surface area contributed by atoms with Gasteiger partial charge in [-0.25, -0.2) is 9.37 Å². The third-order valence-electron chi connectivity index (χ3n) is 19.0. The second-order valence-corrected chi connectivity index (χ2v) is 27.4. The van der Waals surface area contributed by atoms with E-state index in [-0.39, 0.29) is 50.1 Å². The van der Waals surface area contributed by atoms with Gasteiger partial charge in [-0.1, -0.05) is 73.7 Å². The minimum atomic E-state index is -2.42. The van der Waals surface area contributed by atoms with Crippen molar-refractivity contribution in [1.82, 2.24) is 67.7 Å². The van der Waals surface area contributed by atoms with Crippen molar-refractivity contribution in [3.63, 3.8) is 0 Å². The van der Waals surface area contributed by atoms with E-state index in [1.54, 1.807) is 74.0 Å². The molecule has 7 rings (SSSR count). The molecule has 1 fully saturated rings. The van der Waals surface area contributed by atoms with Crippen LogP contribution in [0.1, 0.15) is 101 Å². The van der Waals surface area contributed by atoms with Gasteiger partial charge in [-0.15, -0.1) is 0 Å². The van der Waals surface area contributed by atoms with Gasteiger partial charge in [-0.2, -0.15) is 0 Å². The average molecular weight is 1560 g/mol. The molecule has 0 spiro atoms. The number of halogens is 1. The third-order valence-corrected chi connectivity index (χ3v) is 19.0. The van der Waals surface area contributed by atoms with E-state index < -0.39 is 181 Å². The summed E-state index contributed by atoms with van der Waals surface area (Å²) in [5, 5.41) is 73.2. The van der Waals surface area contributed by atoms with E-state index in [0.29, 0.717) is 46.9 Å². The van der Waals surface area contributed by atoms with Gasteiger partial charge in [0.05, 0.1) is 58.0 Å². The zero-order valence-electron chi connectivity index (χ0n) is 62.8. The zero-order valence-corrected chi connectivity index (χ0v) is 62.8. The van der Waals surface area contributed by atoms with Crippen molar-refractivity contribution in [1.29, 1.82) is 0 Å². The number of hydrogen-bond acceptors (Lipinski definition) is 20. The highest BCUT2D eigenvalue weighted by Gasteiger charge is 2.47. The predicted molar refractivity (Wildman–Crippen MR) is 400 cm³/mol. The van der Waals surface area contributed by atoms with E-state index in [4.69, 9.17) is 15.2 Å². The second-order valence-electron chi connectivity index (χ2n) is 27.4. The van der Waals surface area contributed by atoms with Crippen LogP contribution in [0.3, 0.4) is 0 Å². The summed E-state index contributed by atoms with van der Waals surface area (Å²) >= 11 is 0. The number of aryl methyl sites for hydroxylation is 2. The van der Waals surface area contributed by atoms with Crippen LogP contribution in [-0.2, 0) is 94.4 Å². The summed E-state index contributed by atoms with van der Waals surface area (Å²) in [6.45, 7) is 4.52. The summed E-state index contributed by atoms with van der Waals surface area (Å²) in [5.41, 5.74) is 7.20. The number of nitrogens with two attached hydrogens (primary N) is 1. The molecule has 112 heavy (non-hydrogen) atoms. The van der Waals surface area contributed by atoms with Crippen molar-refractivity contribution < 1.29 is 102 Å². The molecule has 1 aliphatic rings. The van der Waals surface area contributed by atoms with Crippen molar-refractivity contribution in [3.05, 3.63) is 156 Å². The number of benzene rings is 4. The number of pyridine rings is 1. The first-order valence-corrected chi connectivity index (χ1v) is 36.0. The third kappa shape index (κ3) is 24.1. The molecule has 0 radical (unpaired) electrons. The average Bonchev–Trinajstić information content (AvgIpc) is 1.72. The normalized spacial score (nSPS) is 16.1. The smallest absolute Gasteiger partial charge is 0.305 e. The lowest BCUT2D eigenvalue weighted by Crippen LogP contribution is -2.67. The molecule has 600 valence electrons. The molecular formula is C77H95FN14O20. The van der Waals surface area contributed by atoms with Crippen molar-refractivity contribution >= 4 is 76.9 Å². The van der Waals surface area contributed by atoms with Gasteiger partial charge in [0, 0.05) is 62.3 Å². The molecule has 35 heteroatoms. The second kappa shape index (κ2) is 40.4. The molecule has 17 N–H and O–H groups in total. The minimum Gasteiger partial charge on any atom is -0.497 e. The van der Waals surface area contributed by atoms with Crippen LogP contribution >= 0.6 is 0 Å². The Labute approximate surface area is 643 Å². The molecule has 0 saturated carbocycles. The Morgan fingerprint density at radius 3 is 1.91 bits per heavy atom. The fourth-order valence-electron chi connectivity index (χ4n) is 12.6. The lowest BCUT2D eigenvalue weighted by atomic mass is 9.90. The van der Waals surface area contributed by atoms with Crippen molar-refractivity contribution in [2.45, 2.75) is 171 Å². The Morgan fingerprint density at radius 2 is 1.29 bits per heavy atom. The maximum atomic E-state index is 15.5. The van der Waals surface area contributed by atoms with Crippen LogP contribution < -0.4 is 63.1 Å². The number of methoxy groups -OCH3 is 2. The van der Waals surface area contributed by atoms with E-state index in [2.05, 4.69) is 62.8 Å². The highest BCUT2D eigenvalue weighted by atomic mass is 19.1. The van der Waals surface area contributed by atoms with Crippen LogP contribution in [0.5, 0.6) is 11.5 Å². The molecule has 1 saturated heterocycles. The largest absolute Gasteiger partial charge is 0.497 e. The van der Waals surface area contributed by atoms with Crippen molar-refractivity contribution in [2.24, 2.45) is 5.73 Å². The number of aromatic nitrogens is 3. The summed E-state index contributed by atoms with van der Waals surface area (Å²) in [7, 11) is 3.06. The molecule has 2 aromatic heterocycles.